The second kappa shape index (κ2) is 9.11. The van der Waals surface area contributed by atoms with E-state index >= 15 is 0 Å². The lowest BCUT2D eigenvalue weighted by Crippen LogP contribution is -2.23. The van der Waals surface area contributed by atoms with Gasteiger partial charge >= 0.3 is 5.97 Å². The van der Waals surface area contributed by atoms with E-state index in [-0.39, 0.29) is 18.1 Å². The van der Waals surface area contributed by atoms with Crippen molar-refractivity contribution >= 4 is 17.3 Å². The second-order valence-electron chi connectivity index (χ2n) is 7.21. The van der Waals surface area contributed by atoms with E-state index in [1.54, 1.807) is 18.5 Å². The summed E-state index contributed by atoms with van der Waals surface area (Å²) in [4.78, 5) is 38.8. The molecule has 0 amide bonds. The number of nitrogens with zero attached hydrogens (tertiary/aromatic N) is 3. The maximum atomic E-state index is 12.7. The summed E-state index contributed by atoms with van der Waals surface area (Å²) in [5, 5.41) is 2.60. The Labute approximate surface area is 173 Å². The van der Waals surface area contributed by atoms with Gasteiger partial charge in [0, 0.05) is 35.6 Å². The normalized spacial score (nSPS) is 11.2. The molecule has 0 atom stereocenters. The summed E-state index contributed by atoms with van der Waals surface area (Å²) in [6.07, 6.45) is 3.39. The van der Waals surface area contributed by atoms with Crippen LogP contribution in [0.25, 0.3) is 21.8 Å². The lowest BCUT2D eigenvalue weighted by molar-refractivity contribution is 0.0479. The first kappa shape index (κ1) is 20.9. The SMILES string of the molecule is CC(C)c1[nH]c(=O)c(-c2csc(-c3ccncc3)n2)cc1C(=O)OCCN(C)C. The molecule has 0 aliphatic rings. The molecule has 0 unspecified atom stereocenters. The summed E-state index contributed by atoms with van der Waals surface area (Å²) in [7, 11) is 3.82. The van der Waals surface area contributed by atoms with E-state index in [2.05, 4.69) is 15.0 Å². The van der Waals surface area contributed by atoms with Gasteiger partial charge in [-0.2, -0.15) is 0 Å². The van der Waals surface area contributed by atoms with Crippen LogP contribution in [0.4, 0.5) is 0 Å². The molecule has 7 nitrogen and oxygen atoms in total. The highest BCUT2D eigenvalue weighted by molar-refractivity contribution is 7.13. The number of carbonyl (C=O) groups is 1. The molecular weight excluding hydrogens is 388 g/mol. The molecule has 3 aromatic rings. The van der Waals surface area contributed by atoms with Crippen LogP contribution >= 0.6 is 11.3 Å². The molecule has 3 rings (SSSR count). The van der Waals surface area contributed by atoms with Crippen molar-refractivity contribution in [3.63, 3.8) is 0 Å². The van der Waals surface area contributed by atoms with Gasteiger partial charge in [0.05, 0.1) is 16.8 Å². The maximum Gasteiger partial charge on any atom is 0.339 e. The zero-order valence-electron chi connectivity index (χ0n) is 16.9. The lowest BCUT2D eigenvalue weighted by atomic mass is 10.0. The quantitative estimate of drug-likeness (QED) is 0.599. The Morgan fingerprint density at radius 1 is 1.28 bits per heavy atom. The van der Waals surface area contributed by atoms with Gasteiger partial charge in [0.25, 0.3) is 5.56 Å². The number of likely N-dealkylation sites (N-methyl/N-ethyl adjacent to an activating group) is 1. The van der Waals surface area contributed by atoms with Gasteiger partial charge in [0.2, 0.25) is 0 Å². The van der Waals surface area contributed by atoms with E-state index in [0.29, 0.717) is 29.1 Å². The molecule has 0 spiro atoms. The predicted molar refractivity (Wildman–Crippen MR) is 114 cm³/mol. The highest BCUT2D eigenvalue weighted by Gasteiger charge is 2.20. The molecule has 3 heterocycles. The first-order chi connectivity index (χ1) is 13.9. The third-order valence-electron chi connectivity index (χ3n) is 4.35. The Bertz CT molecular complexity index is 1040. The first-order valence-electron chi connectivity index (χ1n) is 9.32. The molecule has 29 heavy (non-hydrogen) atoms. The fourth-order valence-electron chi connectivity index (χ4n) is 2.78. The van der Waals surface area contributed by atoms with Crippen LogP contribution in [0.1, 0.15) is 35.8 Å². The van der Waals surface area contributed by atoms with Gasteiger partial charge in [-0.05, 0) is 38.2 Å². The van der Waals surface area contributed by atoms with Crippen LogP contribution in [0.5, 0.6) is 0 Å². The Morgan fingerprint density at radius 2 is 2.00 bits per heavy atom. The third kappa shape index (κ3) is 4.96. The second-order valence-corrected chi connectivity index (χ2v) is 8.07. The van der Waals surface area contributed by atoms with Crippen LogP contribution in [0.2, 0.25) is 0 Å². The van der Waals surface area contributed by atoms with Crippen LogP contribution in [0.15, 0.2) is 40.8 Å². The molecule has 0 bridgehead atoms. The monoisotopic (exact) mass is 412 g/mol. The zero-order chi connectivity index (χ0) is 21.0. The fourth-order valence-corrected chi connectivity index (χ4v) is 3.61. The number of aromatic nitrogens is 3. The molecule has 152 valence electrons. The largest absolute Gasteiger partial charge is 0.461 e. The molecule has 3 aromatic heterocycles. The van der Waals surface area contributed by atoms with Crippen molar-refractivity contribution < 1.29 is 9.53 Å². The number of aromatic amines is 1. The van der Waals surface area contributed by atoms with Gasteiger partial charge in [-0.1, -0.05) is 13.8 Å². The average Bonchev–Trinajstić information content (AvgIpc) is 3.18. The summed E-state index contributed by atoms with van der Waals surface area (Å²) in [5.74, 6) is -0.478. The van der Waals surface area contributed by atoms with E-state index < -0.39 is 5.97 Å². The minimum atomic E-state index is -0.447. The Balaban J connectivity index is 1.97. The number of ether oxygens (including phenoxy) is 1. The van der Waals surface area contributed by atoms with E-state index in [4.69, 9.17) is 4.74 Å². The van der Waals surface area contributed by atoms with Crippen molar-refractivity contribution in [2.75, 3.05) is 27.2 Å². The Kier molecular flexibility index (Phi) is 6.56. The van der Waals surface area contributed by atoms with E-state index in [0.717, 1.165) is 10.6 Å². The summed E-state index contributed by atoms with van der Waals surface area (Å²) < 4.78 is 5.41. The number of thiazole rings is 1. The van der Waals surface area contributed by atoms with Gasteiger partial charge < -0.3 is 14.6 Å². The van der Waals surface area contributed by atoms with E-state index in [1.807, 2.05) is 50.4 Å². The number of H-pyrrole nitrogens is 1. The standard InChI is InChI=1S/C21H24N4O3S/c1-13(2)18-16(21(27)28-10-9-25(3)4)11-15(19(26)24-18)17-12-29-20(23-17)14-5-7-22-8-6-14/h5-8,11-13H,9-10H2,1-4H3,(H,24,26). The molecular formula is C21H24N4O3S. The van der Waals surface area contributed by atoms with Gasteiger partial charge in [-0.15, -0.1) is 11.3 Å². The van der Waals surface area contributed by atoms with Crippen molar-refractivity contribution in [2.24, 2.45) is 0 Å². The average molecular weight is 413 g/mol. The van der Waals surface area contributed by atoms with Gasteiger partial charge in [-0.3, -0.25) is 9.78 Å². The molecule has 0 radical (unpaired) electrons. The smallest absolute Gasteiger partial charge is 0.339 e. The molecule has 8 heteroatoms. The van der Waals surface area contributed by atoms with Crippen LogP contribution in [0, 0.1) is 0 Å². The van der Waals surface area contributed by atoms with Crippen molar-refractivity contribution in [3.8, 4) is 21.8 Å². The number of pyridine rings is 2. The van der Waals surface area contributed by atoms with Crippen LogP contribution < -0.4 is 5.56 Å². The highest BCUT2D eigenvalue weighted by atomic mass is 32.1. The zero-order valence-corrected chi connectivity index (χ0v) is 17.7. The van der Waals surface area contributed by atoms with Gasteiger partial charge in [0.1, 0.15) is 11.6 Å². The number of nitrogens with one attached hydrogen (secondary N) is 1. The molecule has 0 aliphatic heterocycles. The van der Waals surface area contributed by atoms with Crippen LogP contribution in [-0.4, -0.2) is 53.1 Å². The summed E-state index contributed by atoms with van der Waals surface area (Å²) in [5.41, 5.74) is 2.47. The van der Waals surface area contributed by atoms with E-state index in [1.165, 1.54) is 11.3 Å². The highest BCUT2D eigenvalue weighted by Crippen LogP contribution is 2.28. The van der Waals surface area contributed by atoms with Crippen molar-refractivity contribution in [1.29, 1.82) is 0 Å². The van der Waals surface area contributed by atoms with Gasteiger partial charge in [0.15, 0.2) is 0 Å². The molecule has 0 saturated heterocycles. The number of hydrogen-bond donors (Lipinski definition) is 1. The Morgan fingerprint density at radius 3 is 2.66 bits per heavy atom. The topological polar surface area (TPSA) is 88.2 Å². The fraction of sp³-hybridized carbons (Fsp3) is 0.333. The van der Waals surface area contributed by atoms with Crippen LogP contribution in [0.3, 0.4) is 0 Å². The van der Waals surface area contributed by atoms with Crippen molar-refractivity contribution in [1.82, 2.24) is 19.9 Å². The first-order valence-corrected chi connectivity index (χ1v) is 10.2. The summed E-state index contributed by atoms with van der Waals surface area (Å²) in [6, 6.07) is 5.32. The summed E-state index contributed by atoms with van der Waals surface area (Å²) >= 11 is 1.43. The minimum absolute atomic E-state index is 0.0315. The molecule has 0 aliphatic carbocycles. The summed E-state index contributed by atoms with van der Waals surface area (Å²) in [6.45, 7) is 4.75. The molecule has 1 N–H and O–H groups in total. The molecule has 0 aromatic carbocycles. The van der Waals surface area contributed by atoms with Crippen molar-refractivity contribution in [2.45, 2.75) is 19.8 Å². The maximum absolute atomic E-state index is 12.7. The number of esters is 1. The molecule has 0 saturated carbocycles. The Hall–Kier alpha value is -2.84. The minimum Gasteiger partial charge on any atom is -0.461 e. The van der Waals surface area contributed by atoms with Crippen molar-refractivity contribution in [3.05, 3.63) is 57.6 Å². The third-order valence-corrected chi connectivity index (χ3v) is 5.24. The lowest BCUT2D eigenvalue weighted by Gasteiger charge is -2.14. The molecule has 0 fully saturated rings. The van der Waals surface area contributed by atoms with Gasteiger partial charge in [-0.25, -0.2) is 9.78 Å². The van der Waals surface area contributed by atoms with Crippen LogP contribution in [-0.2, 0) is 4.74 Å². The number of carbonyl (C=O) groups excluding carboxylic acids is 1. The predicted octanol–water partition coefficient (Wildman–Crippen LogP) is 3.40. The number of rotatable bonds is 7. The number of hydrogen-bond acceptors (Lipinski definition) is 7. The van der Waals surface area contributed by atoms with E-state index in [9.17, 15) is 9.59 Å².